The molecule has 20 heavy (non-hydrogen) atoms. The second-order valence-corrected chi connectivity index (χ2v) is 7.44. The fourth-order valence-corrected chi connectivity index (χ4v) is 4.53. The predicted octanol–water partition coefficient (Wildman–Crippen LogP) is 3.41. The molecule has 1 aliphatic carbocycles. The molecule has 2 heterocycles. The van der Waals surface area contributed by atoms with Crippen LogP contribution < -0.4 is 5.32 Å². The van der Waals surface area contributed by atoms with Gasteiger partial charge in [-0.1, -0.05) is 19.8 Å². The third-order valence-electron chi connectivity index (χ3n) is 5.09. The van der Waals surface area contributed by atoms with E-state index in [0.717, 1.165) is 25.0 Å². The molecule has 4 heteroatoms. The fourth-order valence-electron chi connectivity index (χ4n) is 3.77. The van der Waals surface area contributed by atoms with Gasteiger partial charge in [0.25, 0.3) is 0 Å². The van der Waals surface area contributed by atoms with Crippen LogP contribution in [0.25, 0.3) is 0 Å². The minimum absolute atomic E-state index is 0.731. The van der Waals surface area contributed by atoms with E-state index >= 15 is 0 Å². The number of hydrogen-bond donors (Lipinski definition) is 1. The zero-order valence-corrected chi connectivity index (χ0v) is 13.5. The van der Waals surface area contributed by atoms with Crippen LogP contribution in [0.15, 0.2) is 5.38 Å². The first-order valence-electron chi connectivity index (χ1n) is 8.16. The van der Waals surface area contributed by atoms with Crippen molar-refractivity contribution in [2.24, 2.45) is 5.41 Å². The maximum absolute atomic E-state index is 4.75. The molecule has 1 aliphatic heterocycles. The number of nitrogens with zero attached hydrogens (tertiary/aromatic N) is 2. The molecule has 0 amide bonds. The molecular weight excluding hydrogens is 266 g/mol. The van der Waals surface area contributed by atoms with Gasteiger partial charge < -0.3 is 5.32 Å². The molecule has 3 rings (SSSR count). The lowest BCUT2D eigenvalue weighted by atomic mass is 9.77. The number of hydrogen-bond acceptors (Lipinski definition) is 4. The maximum atomic E-state index is 4.75. The standard InChI is InChI=1S/C16H27N3S/c1-2-17-11-15-18-14(13-20-15)12-19-9-7-16(8-10-19)5-3-4-6-16/h13,17H,2-12H2,1H3. The predicted molar refractivity (Wildman–Crippen MR) is 84.9 cm³/mol. The highest BCUT2D eigenvalue weighted by Gasteiger charge is 2.36. The van der Waals surface area contributed by atoms with Crippen molar-refractivity contribution in [2.75, 3.05) is 19.6 Å². The van der Waals surface area contributed by atoms with Crippen molar-refractivity contribution < 1.29 is 0 Å². The lowest BCUT2D eigenvalue weighted by Gasteiger charge is -2.39. The van der Waals surface area contributed by atoms with E-state index in [-0.39, 0.29) is 0 Å². The van der Waals surface area contributed by atoms with Crippen LogP contribution in [0.4, 0.5) is 0 Å². The van der Waals surface area contributed by atoms with Crippen LogP contribution in [0.1, 0.15) is 56.2 Å². The van der Waals surface area contributed by atoms with Gasteiger partial charge in [-0.2, -0.15) is 0 Å². The Hall–Kier alpha value is -0.450. The lowest BCUT2D eigenvalue weighted by molar-refractivity contribution is 0.103. The van der Waals surface area contributed by atoms with E-state index in [4.69, 9.17) is 4.98 Å². The molecule has 0 unspecified atom stereocenters. The van der Waals surface area contributed by atoms with Crippen molar-refractivity contribution in [1.82, 2.24) is 15.2 Å². The van der Waals surface area contributed by atoms with Crippen molar-refractivity contribution in [1.29, 1.82) is 0 Å². The van der Waals surface area contributed by atoms with Gasteiger partial charge in [-0.3, -0.25) is 4.90 Å². The monoisotopic (exact) mass is 293 g/mol. The van der Waals surface area contributed by atoms with Crippen molar-refractivity contribution in [2.45, 2.75) is 58.5 Å². The summed E-state index contributed by atoms with van der Waals surface area (Å²) in [6, 6.07) is 0. The van der Waals surface area contributed by atoms with E-state index in [2.05, 4.69) is 22.5 Å². The molecule has 0 radical (unpaired) electrons. The minimum Gasteiger partial charge on any atom is -0.311 e. The number of piperidine rings is 1. The summed E-state index contributed by atoms with van der Waals surface area (Å²) in [5, 5.41) is 6.82. The summed E-state index contributed by atoms with van der Waals surface area (Å²) < 4.78 is 0. The summed E-state index contributed by atoms with van der Waals surface area (Å²) in [5.41, 5.74) is 2.00. The second-order valence-electron chi connectivity index (χ2n) is 6.50. The third-order valence-corrected chi connectivity index (χ3v) is 5.99. The maximum Gasteiger partial charge on any atom is 0.107 e. The largest absolute Gasteiger partial charge is 0.311 e. The fraction of sp³-hybridized carbons (Fsp3) is 0.812. The molecule has 1 aromatic rings. The van der Waals surface area contributed by atoms with Crippen LogP contribution in [-0.2, 0) is 13.1 Å². The van der Waals surface area contributed by atoms with Crippen LogP contribution in [0.3, 0.4) is 0 Å². The molecule has 1 aromatic heterocycles. The number of nitrogens with one attached hydrogen (secondary N) is 1. The molecule has 112 valence electrons. The summed E-state index contributed by atoms with van der Waals surface area (Å²) in [7, 11) is 0. The van der Waals surface area contributed by atoms with Crippen LogP contribution in [0, 0.1) is 5.41 Å². The molecule has 2 fully saturated rings. The van der Waals surface area contributed by atoms with Crippen molar-refractivity contribution >= 4 is 11.3 Å². The molecule has 1 N–H and O–H groups in total. The molecular formula is C16H27N3S. The molecule has 3 nitrogen and oxygen atoms in total. The molecule has 2 aliphatic rings. The quantitative estimate of drug-likeness (QED) is 0.902. The zero-order valence-electron chi connectivity index (χ0n) is 12.7. The van der Waals surface area contributed by atoms with Gasteiger partial charge in [-0.25, -0.2) is 4.98 Å². The Kier molecular flexibility index (Phi) is 4.74. The Balaban J connectivity index is 1.48. The van der Waals surface area contributed by atoms with Crippen LogP contribution in [0.2, 0.25) is 0 Å². The normalized spacial score (nSPS) is 22.6. The van der Waals surface area contributed by atoms with E-state index in [1.54, 1.807) is 11.3 Å². The average Bonchev–Trinajstić information content (AvgIpc) is 3.09. The Morgan fingerprint density at radius 2 is 2.00 bits per heavy atom. The number of thiazole rings is 1. The zero-order chi connectivity index (χ0) is 13.8. The van der Waals surface area contributed by atoms with E-state index in [9.17, 15) is 0 Å². The first kappa shape index (κ1) is 14.5. The highest BCUT2D eigenvalue weighted by atomic mass is 32.1. The number of aromatic nitrogens is 1. The molecule has 1 saturated carbocycles. The summed E-state index contributed by atoms with van der Waals surface area (Å²) in [6.07, 6.45) is 8.76. The molecule has 0 atom stereocenters. The van der Waals surface area contributed by atoms with Gasteiger partial charge in [-0.15, -0.1) is 11.3 Å². The number of likely N-dealkylation sites (tertiary alicyclic amines) is 1. The van der Waals surface area contributed by atoms with E-state index in [0.29, 0.717) is 0 Å². The topological polar surface area (TPSA) is 28.2 Å². The van der Waals surface area contributed by atoms with Gasteiger partial charge in [0.05, 0.1) is 5.69 Å². The van der Waals surface area contributed by atoms with E-state index in [1.165, 1.54) is 62.3 Å². The molecule has 0 bridgehead atoms. The first-order valence-corrected chi connectivity index (χ1v) is 9.04. The van der Waals surface area contributed by atoms with Crippen molar-refractivity contribution in [3.8, 4) is 0 Å². The van der Waals surface area contributed by atoms with Crippen LogP contribution in [-0.4, -0.2) is 29.5 Å². The van der Waals surface area contributed by atoms with Gasteiger partial charge in [0.15, 0.2) is 0 Å². The summed E-state index contributed by atoms with van der Waals surface area (Å²) in [5.74, 6) is 0. The van der Waals surface area contributed by atoms with Gasteiger partial charge in [0, 0.05) is 18.5 Å². The van der Waals surface area contributed by atoms with Crippen molar-refractivity contribution in [3.05, 3.63) is 16.1 Å². The van der Waals surface area contributed by atoms with Gasteiger partial charge >= 0.3 is 0 Å². The SMILES string of the molecule is CCNCc1nc(CN2CCC3(CCCC3)CC2)cs1. The Bertz CT molecular complexity index is 413. The summed E-state index contributed by atoms with van der Waals surface area (Å²) >= 11 is 1.80. The summed E-state index contributed by atoms with van der Waals surface area (Å²) in [6.45, 7) is 7.69. The van der Waals surface area contributed by atoms with Gasteiger partial charge in [0.1, 0.15) is 5.01 Å². The Morgan fingerprint density at radius 1 is 1.25 bits per heavy atom. The van der Waals surface area contributed by atoms with E-state index in [1.807, 2.05) is 0 Å². The number of rotatable bonds is 5. The Labute approximate surface area is 126 Å². The lowest BCUT2D eigenvalue weighted by Crippen LogP contribution is -2.38. The third kappa shape index (κ3) is 3.41. The smallest absolute Gasteiger partial charge is 0.107 e. The van der Waals surface area contributed by atoms with Gasteiger partial charge in [0.2, 0.25) is 0 Å². The van der Waals surface area contributed by atoms with E-state index < -0.39 is 0 Å². The van der Waals surface area contributed by atoms with Crippen LogP contribution >= 0.6 is 11.3 Å². The second kappa shape index (κ2) is 6.54. The average molecular weight is 293 g/mol. The Morgan fingerprint density at radius 3 is 2.70 bits per heavy atom. The first-order chi connectivity index (χ1) is 9.80. The molecule has 1 saturated heterocycles. The minimum atomic E-state index is 0.731. The van der Waals surface area contributed by atoms with Gasteiger partial charge in [-0.05, 0) is 50.7 Å². The highest BCUT2D eigenvalue weighted by molar-refractivity contribution is 7.09. The van der Waals surface area contributed by atoms with Crippen LogP contribution in [0.5, 0.6) is 0 Å². The van der Waals surface area contributed by atoms with Crippen molar-refractivity contribution in [3.63, 3.8) is 0 Å². The molecule has 1 spiro atoms. The summed E-state index contributed by atoms with van der Waals surface area (Å²) in [4.78, 5) is 7.35. The molecule has 0 aromatic carbocycles. The highest BCUT2D eigenvalue weighted by Crippen LogP contribution is 2.46.